The summed E-state index contributed by atoms with van der Waals surface area (Å²) in [5, 5.41) is 9.00. The van der Waals surface area contributed by atoms with Crippen LogP contribution in [0, 0.1) is 6.92 Å². The largest absolute Gasteiger partial charge is 0.463 e. The van der Waals surface area contributed by atoms with Crippen LogP contribution in [-0.4, -0.2) is 42.3 Å². The fraction of sp³-hybridized carbons (Fsp3) is 0.615. The molecular weight excluding hydrogens is 234 g/mol. The Kier molecular flexibility index (Phi) is 5.37. The van der Waals surface area contributed by atoms with Crippen LogP contribution in [0.3, 0.4) is 0 Å². The van der Waals surface area contributed by atoms with Gasteiger partial charge < -0.3 is 14.3 Å². The number of aryl methyl sites for hydroxylation is 1. The summed E-state index contributed by atoms with van der Waals surface area (Å²) in [5.74, 6) is 0.493. The van der Waals surface area contributed by atoms with E-state index in [1.807, 2.05) is 26.8 Å². The minimum Gasteiger partial charge on any atom is -0.463 e. The molecule has 5 heteroatoms. The molecule has 1 heterocycles. The Morgan fingerprint density at radius 1 is 1.56 bits per heavy atom. The molecular formula is C13H21NO4. The van der Waals surface area contributed by atoms with Crippen LogP contribution in [0.2, 0.25) is 0 Å². The predicted molar refractivity (Wildman–Crippen MR) is 67.4 cm³/mol. The first-order valence-corrected chi connectivity index (χ1v) is 6.02. The third-order valence-electron chi connectivity index (χ3n) is 2.82. The predicted octanol–water partition coefficient (Wildman–Crippen LogP) is 1.58. The third kappa shape index (κ3) is 3.58. The highest BCUT2D eigenvalue weighted by molar-refractivity contribution is 5.87. The highest BCUT2D eigenvalue weighted by atomic mass is 16.5. The molecule has 0 spiro atoms. The lowest BCUT2D eigenvalue weighted by Gasteiger charge is -2.24. The molecule has 0 saturated heterocycles. The Morgan fingerprint density at radius 2 is 2.22 bits per heavy atom. The van der Waals surface area contributed by atoms with Gasteiger partial charge in [0, 0.05) is 18.2 Å². The number of furan rings is 1. The van der Waals surface area contributed by atoms with Crippen LogP contribution in [0.15, 0.2) is 10.5 Å². The summed E-state index contributed by atoms with van der Waals surface area (Å²) in [6.07, 6.45) is 0. The average molecular weight is 255 g/mol. The summed E-state index contributed by atoms with van der Waals surface area (Å²) in [5.41, 5.74) is 0.768. The second kappa shape index (κ2) is 6.56. The smallest absolute Gasteiger partial charge is 0.374 e. The van der Waals surface area contributed by atoms with Gasteiger partial charge in [0.25, 0.3) is 0 Å². The lowest BCUT2D eigenvalue weighted by molar-refractivity contribution is 0.0558. The van der Waals surface area contributed by atoms with Crippen molar-refractivity contribution in [1.29, 1.82) is 0 Å². The van der Waals surface area contributed by atoms with Crippen LogP contribution in [0.25, 0.3) is 0 Å². The van der Waals surface area contributed by atoms with Crippen LogP contribution in [0.4, 0.5) is 0 Å². The van der Waals surface area contributed by atoms with E-state index < -0.39 is 5.97 Å². The van der Waals surface area contributed by atoms with Crippen molar-refractivity contribution in [1.82, 2.24) is 4.90 Å². The highest BCUT2D eigenvalue weighted by Crippen LogP contribution is 2.18. The van der Waals surface area contributed by atoms with E-state index in [1.54, 1.807) is 0 Å². The van der Waals surface area contributed by atoms with Gasteiger partial charge in [-0.05, 0) is 26.8 Å². The van der Waals surface area contributed by atoms with Gasteiger partial charge >= 0.3 is 5.97 Å². The van der Waals surface area contributed by atoms with Crippen molar-refractivity contribution in [2.24, 2.45) is 0 Å². The Labute approximate surface area is 107 Å². The number of nitrogens with zero attached hydrogens (tertiary/aromatic N) is 1. The number of aliphatic hydroxyl groups excluding tert-OH is 1. The van der Waals surface area contributed by atoms with Crippen LogP contribution in [0.1, 0.15) is 35.7 Å². The Hall–Kier alpha value is -1.33. The highest BCUT2D eigenvalue weighted by Gasteiger charge is 2.18. The Bertz CT molecular complexity index is 398. The maximum Gasteiger partial charge on any atom is 0.374 e. The summed E-state index contributed by atoms with van der Waals surface area (Å²) in [4.78, 5) is 13.5. The quantitative estimate of drug-likeness (QED) is 0.782. The zero-order valence-electron chi connectivity index (χ0n) is 11.4. The molecule has 0 atom stereocenters. The van der Waals surface area contributed by atoms with E-state index in [4.69, 9.17) is 9.52 Å². The zero-order chi connectivity index (χ0) is 13.7. The summed E-state index contributed by atoms with van der Waals surface area (Å²) < 4.78 is 10.1. The molecule has 18 heavy (non-hydrogen) atoms. The Balaban J connectivity index is 2.81. The van der Waals surface area contributed by atoms with E-state index in [1.165, 1.54) is 7.11 Å². The van der Waals surface area contributed by atoms with Gasteiger partial charge in [0.05, 0.1) is 20.3 Å². The van der Waals surface area contributed by atoms with Crippen molar-refractivity contribution >= 4 is 5.97 Å². The molecule has 0 aliphatic carbocycles. The van der Waals surface area contributed by atoms with E-state index in [0.29, 0.717) is 24.9 Å². The number of carbonyl (C=O) groups is 1. The number of methoxy groups -OCH3 is 1. The van der Waals surface area contributed by atoms with Gasteiger partial charge in [0.15, 0.2) is 0 Å². The van der Waals surface area contributed by atoms with E-state index in [-0.39, 0.29) is 12.4 Å². The van der Waals surface area contributed by atoms with E-state index in [0.717, 1.165) is 5.56 Å². The zero-order valence-corrected chi connectivity index (χ0v) is 11.4. The second-order valence-electron chi connectivity index (χ2n) is 4.50. The first-order valence-electron chi connectivity index (χ1n) is 6.02. The van der Waals surface area contributed by atoms with Crippen molar-refractivity contribution in [3.63, 3.8) is 0 Å². The van der Waals surface area contributed by atoms with Crippen LogP contribution >= 0.6 is 0 Å². The van der Waals surface area contributed by atoms with Crippen molar-refractivity contribution < 1.29 is 19.1 Å². The molecule has 0 aliphatic rings. The molecule has 0 radical (unpaired) electrons. The number of esters is 1. The summed E-state index contributed by atoms with van der Waals surface area (Å²) in [6.45, 7) is 7.15. The lowest BCUT2D eigenvalue weighted by Crippen LogP contribution is -2.32. The van der Waals surface area contributed by atoms with E-state index in [9.17, 15) is 4.79 Å². The summed E-state index contributed by atoms with van der Waals surface area (Å²) in [7, 11) is 1.33. The summed E-state index contributed by atoms with van der Waals surface area (Å²) >= 11 is 0. The maximum absolute atomic E-state index is 11.4. The molecule has 1 N–H and O–H groups in total. The van der Waals surface area contributed by atoms with Crippen molar-refractivity contribution in [2.45, 2.75) is 33.4 Å². The van der Waals surface area contributed by atoms with E-state index in [2.05, 4.69) is 9.64 Å². The number of hydrogen-bond donors (Lipinski definition) is 1. The molecule has 0 aromatic carbocycles. The fourth-order valence-electron chi connectivity index (χ4n) is 1.77. The van der Waals surface area contributed by atoms with Gasteiger partial charge in [-0.2, -0.15) is 0 Å². The minimum absolute atomic E-state index is 0.0989. The van der Waals surface area contributed by atoms with Crippen LogP contribution in [-0.2, 0) is 11.3 Å². The number of hydrogen-bond acceptors (Lipinski definition) is 5. The molecule has 0 fully saturated rings. The average Bonchev–Trinajstić information content (AvgIpc) is 2.68. The summed E-state index contributed by atoms with van der Waals surface area (Å²) in [6, 6.07) is 2.13. The van der Waals surface area contributed by atoms with Gasteiger partial charge in [-0.3, -0.25) is 4.90 Å². The SMILES string of the molecule is COC(=O)c1oc(CN(CCO)C(C)C)cc1C. The van der Waals surface area contributed by atoms with Crippen LogP contribution < -0.4 is 0 Å². The maximum atomic E-state index is 11.4. The molecule has 0 unspecified atom stereocenters. The monoisotopic (exact) mass is 255 g/mol. The van der Waals surface area contributed by atoms with Crippen molar-refractivity contribution in [2.75, 3.05) is 20.3 Å². The number of carbonyl (C=O) groups excluding carboxylic acids is 1. The molecule has 0 amide bonds. The molecule has 102 valence electrons. The topological polar surface area (TPSA) is 62.9 Å². The molecule has 0 saturated carbocycles. The van der Waals surface area contributed by atoms with Crippen molar-refractivity contribution in [3.05, 3.63) is 23.2 Å². The van der Waals surface area contributed by atoms with Gasteiger partial charge in [0.1, 0.15) is 5.76 Å². The molecule has 1 rings (SSSR count). The molecule has 1 aromatic rings. The van der Waals surface area contributed by atoms with Gasteiger partial charge in [-0.1, -0.05) is 0 Å². The minimum atomic E-state index is -0.461. The van der Waals surface area contributed by atoms with Gasteiger partial charge in [-0.25, -0.2) is 4.79 Å². The Morgan fingerprint density at radius 3 is 2.72 bits per heavy atom. The van der Waals surface area contributed by atoms with Gasteiger partial charge in [0.2, 0.25) is 5.76 Å². The molecule has 5 nitrogen and oxygen atoms in total. The molecule has 0 aliphatic heterocycles. The standard InChI is InChI=1S/C13H21NO4/c1-9(2)14(5-6-15)8-11-7-10(3)12(18-11)13(16)17-4/h7,9,15H,5-6,8H2,1-4H3. The van der Waals surface area contributed by atoms with E-state index >= 15 is 0 Å². The number of rotatable bonds is 6. The van der Waals surface area contributed by atoms with Gasteiger partial charge in [-0.15, -0.1) is 0 Å². The molecule has 0 bridgehead atoms. The molecule has 1 aromatic heterocycles. The van der Waals surface area contributed by atoms with Crippen LogP contribution in [0.5, 0.6) is 0 Å². The normalized spacial score (nSPS) is 11.3. The first-order chi connectivity index (χ1) is 8.49. The lowest BCUT2D eigenvalue weighted by atomic mass is 10.2. The number of ether oxygens (including phenoxy) is 1. The second-order valence-corrected chi connectivity index (χ2v) is 4.50. The van der Waals surface area contributed by atoms with Crippen molar-refractivity contribution in [3.8, 4) is 0 Å². The first kappa shape index (κ1) is 14.7. The fourth-order valence-corrected chi connectivity index (χ4v) is 1.77. The third-order valence-corrected chi connectivity index (χ3v) is 2.82. The number of aliphatic hydroxyl groups is 1.